The maximum atomic E-state index is 12.4. The Morgan fingerprint density at radius 3 is 2.28 bits per heavy atom. The number of carbonyl (C=O) groups excluding carboxylic acids is 1. The van der Waals surface area contributed by atoms with Gasteiger partial charge in [0.1, 0.15) is 42.7 Å². The van der Waals surface area contributed by atoms with E-state index in [-0.39, 0.29) is 0 Å². The first-order valence-electron chi connectivity index (χ1n) is 11.0. The lowest BCUT2D eigenvalue weighted by Gasteiger charge is -2.42. The Morgan fingerprint density at radius 2 is 1.69 bits per heavy atom. The van der Waals surface area contributed by atoms with Crippen molar-refractivity contribution in [1.29, 1.82) is 0 Å². The standard InChI is InChI=1S/C17H27N3O17P2/c1-6(22)18-10-13(26)11(24)7(4-21)35-16(10)36-39(31,32)37-38(29,30)33-5-8-12(25)14(27)15(34-8)20-3-2-9(23)19-17(20)28/h2-3,7-8,10-16,21,24-27H,4-5H2,1H3,(H,18,22)(H,29,30)(H,31,32)(H,19,23,28)/t7-,8-,10+,11-,12-,13-,14-,15-,16-/m1/s1. The summed E-state index contributed by atoms with van der Waals surface area (Å²) in [5, 5.41) is 51.9. The van der Waals surface area contributed by atoms with E-state index in [1.54, 1.807) is 0 Å². The van der Waals surface area contributed by atoms with Gasteiger partial charge in [0.15, 0.2) is 12.5 Å². The second-order valence-electron chi connectivity index (χ2n) is 8.42. The first kappa shape index (κ1) is 31.7. The second-order valence-corrected chi connectivity index (χ2v) is 11.4. The van der Waals surface area contributed by atoms with Crippen LogP contribution >= 0.6 is 15.6 Å². The number of aliphatic hydroxyl groups excluding tert-OH is 5. The van der Waals surface area contributed by atoms with E-state index in [2.05, 4.69) is 18.7 Å². The van der Waals surface area contributed by atoms with Crippen LogP contribution in [0.3, 0.4) is 0 Å². The van der Waals surface area contributed by atoms with E-state index >= 15 is 0 Å². The molecule has 2 aliphatic heterocycles. The van der Waals surface area contributed by atoms with Gasteiger partial charge in [0.05, 0.1) is 13.2 Å². The summed E-state index contributed by atoms with van der Waals surface area (Å²) >= 11 is 0. The lowest BCUT2D eigenvalue weighted by molar-refractivity contribution is -0.247. The van der Waals surface area contributed by atoms with Crippen molar-refractivity contribution >= 4 is 21.6 Å². The van der Waals surface area contributed by atoms with Gasteiger partial charge in [-0.05, 0) is 0 Å². The second kappa shape index (κ2) is 12.3. The SMILES string of the molecule is CC(=O)N[C@@H]1[C@@H](OP(=O)(O)OP(=O)(O)OC[C@H]2O[C@@H](n3ccc(=O)[nH]c3=O)[C@H](O)[C@@H]2O)O[C@H](CO)[C@@H](O)[C@@H]1O. The van der Waals surface area contributed by atoms with Crippen LogP contribution in [0, 0.1) is 0 Å². The number of aromatic amines is 1. The molecule has 0 aromatic carbocycles. The Balaban J connectivity index is 1.66. The van der Waals surface area contributed by atoms with Gasteiger partial charge in [-0.15, -0.1) is 0 Å². The average Bonchev–Trinajstić information content (AvgIpc) is 3.10. The van der Waals surface area contributed by atoms with Crippen molar-refractivity contribution in [3.63, 3.8) is 0 Å². The fourth-order valence-electron chi connectivity index (χ4n) is 3.76. The summed E-state index contributed by atoms with van der Waals surface area (Å²) in [5.74, 6) is -0.796. The largest absolute Gasteiger partial charge is 0.483 e. The molecule has 3 rings (SSSR count). The highest BCUT2D eigenvalue weighted by molar-refractivity contribution is 7.61. The van der Waals surface area contributed by atoms with Gasteiger partial charge in [-0.3, -0.25) is 28.2 Å². The molecular formula is C17H27N3O17P2. The summed E-state index contributed by atoms with van der Waals surface area (Å²) in [6, 6.07) is -0.766. The van der Waals surface area contributed by atoms with Gasteiger partial charge in [-0.2, -0.15) is 4.31 Å². The predicted molar refractivity (Wildman–Crippen MR) is 120 cm³/mol. The third kappa shape index (κ3) is 7.66. The molecule has 39 heavy (non-hydrogen) atoms. The summed E-state index contributed by atoms with van der Waals surface area (Å²) in [7, 11) is -11.1. The molecule has 0 saturated carbocycles. The smallest absolute Gasteiger partial charge is 0.394 e. The topological polar surface area (TPSA) is 306 Å². The molecule has 0 spiro atoms. The Kier molecular flexibility index (Phi) is 10.0. The summed E-state index contributed by atoms with van der Waals surface area (Å²) in [6.45, 7) is -0.940. The molecular weight excluding hydrogens is 580 g/mol. The van der Waals surface area contributed by atoms with Crippen molar-refractivity contribution in [3.05, 3.63) is 33.1 Å². The van der Waals surface area contributed by atoms with Gasteiger partial charge < -0.3 is 50.1 Å². The van der Waals surface area contributed by atoms with Crippen molar-refractivity contribution in [2.75, 3.05) is 13.2 Å². The van der Waals surface area contributed by atoms with Crippen molar-refractivity contribution in [2.24, 2.45) is 0 Å². The minimum absolute atomic E-state index is 0.723. The summed E-state index contributed by atoms with van der Waals surface area (Å²) in [4.78, 5) is 56.4. The normalized spacial score (nSPS) is 36.2. The fourth-order valence-corrected chi connectivity index (χ4v) is 5.92. The monoisotopic (exact) mass is 607 g/mol. The maximum Gasteiger partial charge on any atom is 0.483 e. The fraction of sp³-hybridized carbons (Fsp3) is 0.706. The van der Waals surface area contributed by atoms with Crippen molar-refractivity contribution in [3.8, 4) is 0 Å². The van der Waals surface area contributed by atoms with Crippen LogP contribution in [0.15, 0.2) is 21.9 Å². The van der Waals surface area contributed by atoms with E-state index in [0.29, 0.717) is 0 Å². The molecule has 0 bridgehead atoms. The number of nitrogens with one attached hydrogen (secondary N) is 2. The number of nitrogens with zero attached hydrogens (tertiary/aromatic N) is 1. The van der Waals surface area contributed by atoms with Gasteiger partial charge in [-0.25, -0.2) is 13.9 Å². The predicted octanol–water partition coefficient (Wildman–Crippen LogP) is -4.65. The zero-order chi connectivity index (χ0) is 29.3. The van der Waals surface area contributed by atoms with Crippen LogP contribution in [-0.2, 0) is 36.8 Å². The van der Waals surface area contributed by atoms with Crippen LogP contribution in [-0.4, -0.2) is 113 Å². The van der Waals surface area contributed by atoms with Crippen LogP contribution in [0.2, 0.25) is 0 Å². The molecule has 22 heteroatoms. The molecule has 2 unspecified atom stereocenters. The summed E-state index contributed by atoms with van der Waals surface area (Å²) in [5.41, 5.74) is -1.75. The maximum absolute atomic E-state index is 12.4. The van der Waals surface area contributed by atoms with Crippen molar-refractivity contribution in [1.82, 2.24) is 14.9 Å². The van der Waals surface area contributed by atoms with Crippen molar-refractivity contribution < 1.29 is 72.1 Å². The molecule has 9 N–H and O–H groups in total. The van der Waals surface area contributed by atoms with E-state index in [0.717, 1.165) is 23.8 Å². The van der Waals surface area contributed by atoms with Crippen molar-refractivity contribution in [2.45, 2.75) is 62.1 Å². The average molecular weight is 607 g/mol. The number of phosphoric ester groups is 2. The van der Waals surface area contributed by atoms with Crippen LogP contribution in [0.5, 0.6) is 0 Å². The van der Waals surface area contributed by atoms with Crippen LogP contribution < -0.4 is 16.6 Å². The molecule has 11 atom stereocenters. The first-order valence-corrected chi connectivity index (χ1v) is 14.0. The molecule has 1 aromatic rings. The zero-order valence-corrected chi connectivity index (χ0v) is 21.6. The molecule has 2 saturated heterocycles. The molecule has 2 fully saturated rings. The Hall–Kier alpha value is -1.87. The summed E-state index contributed by atoms with van der Waals surface area (Å²) in [6.07, 6.45) is -13.0. The van der Waals surface area contributed by atoms with E-state index in [1.165, 1.54) is 0 Å². The number of phosphoric acid groups is 2. The molecule has 0 radical (unpaired) electrons. The lowest BCUT2D eigenvalue weighted by Crippen LogP contribution is -2.64. The molecule has 0 aliphatic carbocycles. The van der Waals surface area contributed by atoms with Crippen LogP contribution in [0.25, 0.3) is 0 Å². The Morgan fingerprint density at radius 1 is 1.05 bits per heavy atom. The van der Waals surface area contributed by atoms with E-state index < -0.39 is 101 Å². The van der Waals surface area contributed by atoms with Crippen LogP contribution in [0.4, 0.5) is 0 Å². The molecule has 1 amide bonds. The quantitative estimate of drug-likeness (QED) is 0.113. The highest BCUT2D eigenvalue weighted by Gasteiger charge is 2.50. The summed E-state index contributed by atoms with van der Waals surface area (Å²) < 4.78 is 49.2. The first-order chi connectivity index (χ1) is 18.0. The molecule has 3 heterocycles. The number of aromatic nitrogens is 2. The van der Waals surface area contributed by atoms with Gasteiger partial charge in [-0.1, -0.05) is 0 Å². The number of H-pyrrole nitrogens is 1. The number of amides is 1. The van der Waals surface area contributed by atoms with E-state index in [1.807, 2.05) is 4.98 Å². The minimum atomic E-state index is -5.63. The third-order valence-corrected chi connectivity index (χ3v) is 8.16. The lowest BCUT2D eigenvalue weighted by atomic mass is 9.97. The highest BCUT2D eigenvalue weighted by atomic mass is 31.3. The number of hydrogen-bond donors (Lipinski definition) is 9. The molecule has 2 aliphatic rings. The van der Waals surface area contributed by atoms with Gasteiger partial charge >= 0.3 is 21.3 Å². The number of carbonyl (C=O) groups is 1. The van der Waals surface area contributed by atoms with Gasteiger partial charge in [0.2, 0.25) is 5.91 Å². The number of aliphatic hydroxyl groups is 5. The third-order valence-electron chi connectivity index (χ3n) is 5.56. The van der Waals surface area contributed by atoms with Crippen LogP contribution in [0.1, 0.15) is 13.2 Å². The highest BCUT2D eigenvalue weighted by Crippen LogP contribution is 2.61. The van der Waals surface area contributed by atoms with Gasteiger partial charge in [0.25, 0.3) is 5.56 Å². The number of hydrogen-bond acceptors (Lipinski definition) is 15. The minimum Gasteiger partial charge on any atom is -0.394 e. The Bertz CT molecular complexity index is 1240. The van der Waals surface area contributed by atoms with E-state index in [9.17, 15) is 58.8 Å². The Labute approximate surface area is 217 Å². The molecule has 20 nitrogen and oxygen atoms in total. The molecule has 1 aromatic heterocycles. The number of ether oxygens (including phenoxy) is 2. The van der Waals surface area contributed by atoms with Gasteiger partial charge in [0, 0.05) is 19.2 Å². The number of rotatable bonds is 10. The molecule has 222 valence electrons. The van der Waals surface area contributed by atoms with E-state index in [4.69, 9.17) is 9.47 Å². The zero-order valence-electron chi connectivity index (χ0n) is 19.8.